The molecule has 0 aliphatic heterocycles. The van der Waals surface area contributed by atoms with Crippen molar-refractivity contribution < 1.29 is 13.9 Å². The van der Waals surface area contributed by atoms with Crippen molar-refractivity contribution in [2.45, 2.75) is 26.3 Å². The van der Waals surface area contributed by atoms with Gasteiger partial charge < -0.3 is 14.8 Å². The van der Waals surface area contributed by atoms with Gasteiger partial charge in [0.1, 0.15) is 0 Å². The van der Waals surface area contributed by atoms with E-state index in [9.17, 15) is 4.39 Å². The summed E-state index contributed by atoms with van der Waals surface area (Å²) in [7, 11) is 1.64. The molecule has 0 unspecified atom stereocenters. The van der Waals surface area contributed by atoms with E-state index in [1.54, 1.807) is 13.2 Å². The van der Waals surface area contributed by atoms with Crippen LogP contribution in [0.15, 0.2) is 18.2 Å². The van der Waals surface area contributed by atoms with Crippen LogP contribution in [0, 0.1) is 5.82 Å². The van der Waals surface area contributed by atoms with Crippen molar-refractivity contribution in [3.63, 3.8) is 0 Å². The molecule has 1 N–H and O–H groups in total. The Hall–Kier alpha value is -1.13. The Bertz CT molecular complexity index is 345. The molecule has 0 aliphatic rings. The van der Waals surface area contributed by atoms with Crippen molar-refractivity contribution in [3.8, 4) is 5.75 Å². The molecule has 0 saturated carbocycles. The number of nitrogens with one attached hydrogen (secondary N) is 1. The Morgan fingerprint density at radius 1 is 1.28 bits per heavy atom. The van der Waals surface area contributed by atoms with Crippen molar-refractivity contribution >= 4 is 0 Å². The zero-order chi connectivity index (χ0) is 13.2. The SMILES string of the molecule is CCCNCc1cccc(F)c1OCCCOC. The van der Waals surface area contributed by atoms with Gasteiger partial charge in [0, 0.05) is 32.2 Å². The quantitative estimate of drug-likeness (QED) is 0.688. The molecule has 0 saturated heterocycles. The number of hydrogen-bond acceptors (Lipinski definition) is 3. The van der Waals surface area contributed by atoms with E-state index in [4.69, 9.17) is 9.47 Å². The molecule has 0 radical (unpaired) electrons. The van der Waals surface area contributed by atoms with E-state index < -0.39 is 0 Å². The first-order valence-electron chi connectivity index (χ1n) is 6.39. The van der Waals surface area contributed by atoms with Gasteiger partial charge in [0.2, 0.25) is 0 Å². The van der Waals surface area contributed by atoms with Crippen LogP contribution in [0.2, 0.25) is 0 Å². The van der Waals surface area contributed by atoms with Crippen molar-refractivity contribution in [3.05, 3.63) is 29.6 Å². The van der Waals surface area contributed by atoms with Crippen LogP contribution >= 0.6 is 0 Å². The largest absolute Gasteiger partial charge is 0.490 e. The minimum absolute atomic E-state index is 0.303. The zero-order valence-corrected chi connectivity index (χ0v) is 11.2. The van der Waals surface area contributed by atoms with E-state index in [1.165, 1.54) is 6.07 Å². The van der Waals surface area contributed by atoms with E-state index in [2.05, 4.69) is 12.2 Å². The molecule has 0 atom stereocenters. The average Bonchev–Trinajstić information content (AvgIpc) is 2.37. The molecule has 0 fully saturated rings. The van der Waals surface area contributed by atoms with Crippen LogP contribution in [-0.2, 0) is 11.3 Å². The van der Waals surface area contributed by atoms with Gasteiger partial charge in [0.15, 0.2) is 11.6 Å². The Morgan fingerprint density at radius 3 is 2.83 bits per heavy atom. The molecule has 0 bridgehead atoms. The predicted octanol–water partition coefficient (Wildman–Crippen LogP) is 2.74. The topological polar surface area (TPSA) is 30.5 Å². The molecule has 0 amide bonds. The number of halogens is 1. The van der Waals surface area contributed by atoms with Crippen LogP contribution in [0.25, 0.3) is 0 Å². The maximum absolute atomic E-state index is 13.7. The fourth-order valence-electron chi connectivity index (χ4n) is 1.63. The van der Waals surface area contributed by atoms with Gasteiger partial charge in [-0.05, 0) is 19.0 Å². The van der Waals surface area contributed by atoms with Gasteiger partial charge in [-0.1, -0.05) is 19.1 Å². The average molecular weight is 255 g/mol. The molecular weight excluding hydrogens is 233 g/mol. The van der Waals surface area contributed by atoms with E-state index in [1.807, 2.05) is 6.07 Å². The monoisotopic (exact) mass is 255 g/mol. The van der Waals surface area contributed by atoms with Crippen molar-refractivity contribution in [1.82, 2.24) is 5.32 Å². The molecular formula is C14H22FNO2. The number of para-hydroxylation sites is 1. The minimum atomic E-state index is -0.303. The second-order valence-corrected chi connectivity index (χ2v) is 4.10. The van der Waals surface area contributed by atoms with E-state index in [0.717, 1.165) is 24.9 Å². The van der Waals surface area contributed by atoms with Crippen molar-refractivity contribution in [2.75, 3.05) is 26.9 Å². The highest BCUT2D eigenvalue weighted by molar-refractivity contribution is 5.34. The summed E-state index contributed by atoms with van der Waals surface area (Å²) in [4.78, 5) is 0. The third-order valence-corrected chi connectivity index (χ3v) is 2.53. The first kappa shape index (κ1) is 14.9. The van der Waals surface area contributed by atoms with Gasteiger partial charge in [0.25, 0.3) is 0 Å². The lowest BCUT2D eigenvalue weighted by molar-refractivity contribution is 0.170. The Balaban J connectivity index is 2.56. The maximum atomic E-state index is 13.7. The van der Waals surface area contributed by atoms with Crippen LogP contribution in [-0.4, -0.2) is 26.9 Å². The van der Waals surface area contributed by atoms with E-state index in [-0.39, 0.29) is 5.82 Å². The van der Waals surface area contributed by atoms with Crippen LogP contribution in [0.5, 0.6) is 5.75 Å². The number of hydrogen-bond donors (Lipinski definition) is 1. The summed E-state index contributed by atoms with van der Waals surface area (Å²) in [5.74, 6) is 0.0559. The number of rotatable bonds is 9. The molecule has 0 spiro atoms. The molecule has 1 aromatic carbocycles. The summed E-state index contributed by atoms with van der Waals surface area (Å²) >= 11 is 0. The van der Waals surface area contributed by atoms with Crippen LogP contribution < -0.4 is 10.1 Å². The predicted molar refractivity (Wildman–Crippen MR) is 70.4 cm³/mol. The first-order chi connectivity index (χ1) is 8.79. The molecule has 0 aromatic heterocycles. The second kappa shape index (κ2) is 8.89. The highest BCUT2D eigenvalue weighted by Gasteiger charge is 2.09. The fraction of sp³-hybridized carbons (Fsp3) is 0.571. The van der Waals surface area contributed by atoms with E-state index in [0.29, 0.717) is 25.5 Å². The van der Waals surface area contributed by atoms with Gasteiger partial charge in [0.05, 0.1) is 6.61 Å². The molecule has 1 rings (SSSR count). The molecule has 4 heteroatoms. The highest BCUT2D eigenvalue weighted by Crippen LogP contribution is 2.22. The van der Waals surface area contributed by atoms with Crippen LogP contribution in [0.4, 0.5) is 4.39 Å². The summed E-state index contributed by atoms with van der Waals surface area (Å²) in [6, 6.07) is 5.02. The Morgan fingerprint density at radius 2 is 2.11 bits per heavy atom. The lowest BCUT2D eigenvalue weighted by Crippen LogP contribution is -2.15. The molecule has 18 heavy (non-hydrogen) atoms. The van der Waals surface area contributed by atoms with Crippen molar-refractivity contribution in [1.29, 1.82) is 0 Å². The highest BCUT2D eigenvalue weighted by atomic mass is 19.1. The Kier molecular flexibility index (Phi) is 7.37. The normalized spacial score (nSPS) is 10.6. The van der Waals surface area contributed by atoms with Crippen LogP contribution in [0.3, 0.4) is 0 Å². The number of benzene rings is 1. The number of methoxy groups -OCH3 is 1. The first-order valence-corrected chi connectivity index (χ1v) is 6.39. The summed E-state index contributed by atoms with van der Waals surface area (Å²) in [6.07, 6.45) is 1.81. The fourth-order valence-corrected chi connectivity index (χ4v) is 1.63. The number of ether oxygens (including phenoxy) is 2. The Labute approximate surface area is 108 Å². The zero-order valence-electron chi connectivity index (χ0n) is 11.2. The van der Waals surface area contributed by atoms with Gasteiger partial charge in [-0.3, -0.25) is 0 Å². The standard InChI is InChI=1S/C14H22FNO2/c1-3-8-16-11-12-6-4-7-13(15)14(12)18-10-5-9-17-2/h4,6-7,16H,3,5,8-11H2,1-2H3. The third-order valence-electron chi connectivity index (χ3n) is 2.53. The van der Waals surface area contributed by atoms with Gasteiger partial charge in [-0.2, -0.15) is 0 Å². The third kappa shape index (κ3) is 5.02. The molecule has 1 aromatic rings. The van der Waals surface area contributed by atoms with Crippen molar-refractivity contribution in [2.24, 2.45) is 0 Å². The molecule has 0 heterocycles. The summed E-state index contributed by atoms with van der Waals surface area (Å²) < 4.78 is 24.1. The molecule has 102 valence electrons. The van der Waals surface area contributed by atoms with Gasteiger partial charge in [-0.25, -0.2) is 4.39 Å². The second-order valence-electron chi connectivity index (χ2n) is 4.10. The lowest BCUT2D eigenvalue weighted by Gasteiger charge is -2.12. The van der Waals surface area contributed by atoms with Crippen LogP contribution in [0.1, 0.15) is 25.3 Å². The molecule has 3 nitrogen and oxygen atoms in total. The lowest BCUT2D eigenvalue weighted by atomic mass is 10.2. The maximum Gasteiger partial charge on any atom is 0.165 e. The molecule has 0 aliphatic carbocycles. The minimum Gasteiger partial charge on any atom is -0.490 e. The smallest absolute Gasteiger partial charge is 0.165 e. The summed E-state index contributed by atoms with van der Waals surface area (Å²) in [5.41, 5.74) is 0.862. The van der Waals surface area contributed by atoms with Gasteiger partial charge >= 0.3 is 0 Å². The van der Waals surface area contributed by atoms with Gasteiger partial charge in [-0.15, -0.1) is 0 Å². The van der Waals surface area contributed by atoms with E-state index >= 15 is 0 Å². The summed E-state index contributed by atoms with van der Waals surface area (Å²) in [5, 5.41) is 3.25. The summed E-state index contributed by atoms with van der Waals surface area (Å²) in [6.45, 7) is 4.74.